The van der Waals surface area contributed by atoms with Crippen LogP contribution in [0.15, 0.2) is 18.2 Å². The summed E-state index contributed by atoms with van der Waals surface area (Å²) >= 11 is 0. The zero-order chi connectivity index (χ0) is 17.5. The first-order chi connectivity index (χ1) is 11.5. The summed E-state index contributed by atoms with van der Waals surface area (Å²) in [5, 5.41) is 15.3. The van der Waals surface area contributed by atoms with Crippen molar-refractivity contribution in [2.24, 2.45) is 0 Å². The van der Waals surface area contributed by atoms with E-state index in [4.69, 9.17) is 0 Å². The van der Waals surface area contributed by atoms with Crippen LogP contribution in [0.5, 0.6) is 0 Å². The van der Waals surface area contributed by atoms with E-state index in [1.54, 1.807) is 4.90 Å². The summed E-state index contributed by atoms with van der Waals surface area (Å²) in [7, 11) is 0. The number of amides is 3. The van der Waals surface area contributed by atoms with Crippen molar-refractivity contribution in [1.82, 2.24) is 15.5 Å². The molecule has 1 heterocycles. The molecule has 1 unspecified atom stereocenters. The second-order valence-corrected chi connectivity index (χ2v) is 6.44. The number of nitrogens with one attached hydrogen (secondary N) is 2. The predicted octanol–water partition coefficient (Wildman–Crippen LogP) is 1.65. The number of carbonyl (C=O) groups is 2. The van der Waals surface area contributed by atoms with Crippen LogP contribution < -0.4 is 10.6 Å². The van der Waals surface area contributed by atoms with Gasteiger partial charge in [-0.15, -0.1) is 0 Å². The lowest BCUT2D eigenvalue weighted by Gasteiger charge is -2.26. The highest BCUT2D eigenvalue weighted by atomic mass is 16.3. The molecule has 0 aliphatic carbocycles. The van der Waals surface area contributed by atoms with Crippen molar-refractivity contribution in [2.75, 3.05) is 26.2 Å². The maximum absolute atomic E-state index is 12.0. The van der Waals surface area contributed by atoms with Gasteiger partial charge < -0.3 is 20.6 Å². The summed E-state index contributed by atoms with van der Waals surface area (Å²) in [6.07, 6.45) is 2.45. The Balaban J connectivity index is 1.73. The Kier molecular flexibility index (Phi) is 6.61. The van der Waals surface area contributed by atoms with Gasteiger partial charge in [-0.2, -0.15) is 0 Å². The number of aliphatic hydroxyl groups excluding tert-OH is 1. The van der Waals surface area contributed by atoms with E-state index in [0.29, 0.717) is 0 Å². The first-order valence-electron chi connectivity index (χ1n) is 8.51. The first kappa shape index (κ1) is 18.3. The molecule has 0 spiro atoms. The summed E-state index contributed by atoms with van der Waals surface area (Å²) in [5.74, 6) is -0.0558. The Labute approximate surface area is 143 Å². The molecule has 24 heavy (non-hydrogen) atoms. The summed E-state index contributed by atoms with van der Waals surface area (Å²) in [6, 6.07) is 5.39. The van der Waals surface area contributed by atoms with E-state index in [9.17, 15) is 14.7 Å². The van der Waals surface area contributed by atoms with Gasteiger partial charge in [0.15, 0.2) is 0 Å². The number of hydrogen-bond acceptors (Lipinski definition) is 3. The van der Waals surface area contributed by atoms with Crippen molar-refractivity contribution < 1.29 is 14.7 Å². The summed E-state index contributed by atoms with van der Waals surface area (Å²) in [4.78, 5) is 25.6. The Morgan fingerprint density at radius 2 is 1.71 bits per heavy atom. The van der Waals surface area contributed by atoms with Gasteiger partial charge >= 0.3 is 6.03 Å². The number of likely N-dealkylation sites (tertiary alicyclic amines) is 1. The Hall–Kier alpha value is -2.08. The number of piperidine rings is 1. The number of benzene rings is 1. The smallest absolute Gasteiger partial charge is 0.315 e. The number of urea groups is 1. The summed E-state index contributed by atoms with van der Waals surface area (Å²) in [6.45, 7) is 5.57. The fraction of sp³-hybridized carbons (Fsp3) is 0.556. The molecule has 1 atom stereocenters. The third-order valence-corrected chi connectivity index (χ3v) is 4.19. The lowest BCUT2D eigenvalue weighted by molar-refractivity contribution is -0.130. The van der Waals surface area contributed by atoms with Crippen LogP contribution >= 0.6 is 0 Å². The van der Waals surface area contributed by atoms with Crippen LogP contribution in [-0.4, -0.2) is 48.1 Å². The molecule has 1 fully saturated rings. The van der Waals surface area contributed by atoms with Crippen LogP contribution in [-0.2, 0) is 4.79 Å². The number of carbonyl (C=O) groups excluding carboxylic acids is 2. The van der Waals surface area contributed by atoms with Gasteiger partial charge in [0, 0.05) is 19.6 Å². The Morgan fingerprint density at radius 3 is 2.33 bits per heavy atom. The SMILES string of the molecule is Cc1cc(C)cc(C(O)CNC(=O)NCC(=O)N2CCCCC2)c1. The van der Waals surface area contributed by atoms with E-state index in [1.165, 1.54) is 0 Å². The Bertz CT molecular complexity index is 563. The van der Waals surface area contributed by atoms with E-state index in [0.717, 1.165) is 49.0 Å². The minimum absolute atomic E-state index is 0.00845. The van der Waals surface area contributed by atoms with E-state index in [2.05, 4.69) is 10.6 Å². The normalized spacial score (nSPS) is 15.7. The fourth-order valence-electron chi connectivity index (χ4n) is 2.98. The molecule has 1 saturated heterocycles. The van der Waals surface area contributed by atoms with Crippen LogP contribution in [0.3, 0.4) is 0 Å². The molecule has 0 radical (unpaired) electrons. The highest BCUT2D eigenvalue weighted by Gasteiger charge is 2.17. The van der Waals surface area contributed by atoms with Crippen LogP contribution in [0.1, 0.15) is 42.1 Å². The maximum Gasteiger partial charge on any atom is 0.315 e. The molecule has 0 bridgehead atoms. The summed E-state index contributed by atoms with van der Waals surface area (Å²) < 4.78 is 0. The quantitative estimate of drug-likeness (QED) is 0.766. The van der Waals surface area contributed by atoms with Gasteiger partial charge in [0.1, 0.15) is 0 Å². The van der Waals surface area contributed by atoms with Gasteiger partial charge in [0.05, 0.1) is 12.6 Å². The average molecular weight is 333 g/mol. The molecule has 132 valence electrons. The zero-order valence-corrected chi connectivity index (χ0v) is 14.5. The summed E-state index contributed by atoms with van der Waals surface area (Å²) in [5.41, 5.74) is 2.92. The molecule has 1 aliphatic heterocycles. The van der Waals surface area contributed by atoms with E-state index >= 15 is 0 Å². The van der Waals surface area contributed by atoms with E-state index in [1.807, 2.05) is 32.0 Å². The van der Waals surface area contributed by atoms with Crippen LogP contribution in [0.4, 0.5) is 4.79 Å². The lowest BCUT2D eigenvalue weighted by Crippen LogP contribution is -2.45. The highest BCUT2D eigenvalue weighted by Crippen LogP contribution is 2.16. The topological polar surface area (TPSA) is 81.7 Å². The molecule has 0 aromatic heterocycles. The van der Waals surface area contributed by atoms with Crippen molar-refractivity contribution in [1.29, 1.82) is 0 Å². The van der Waals surface area contributed by atoms with Crippen molar-refractivity contribution >= 4 is 11.9 Å². The predicted molar refractivity (Wildman–Crippen MR) is 92.7 cm³/mol. The first-order valence-corrected chi connectivity index (χ1v) is 8.51. The van der Waals surface area contributed by atoms with Crippen molar-refractivity contribution in [3.05, 3.63) is 34.9 Å². The average Bonchev–Trinajstić information content (AvgIpc) is 2.57. The number of aliphatic hydroxyl groups is 1. The molecule has 3 N–H and O–H groups in total. The van der Waals surface area contributed by atoms with Crippen molar-refractivity contribution in [3.63, 3.8) is 0 Å². The second-order valence-electron chi connectivity index (χ2n) is 6.44. The molecule has 1 aromatic rings. The van der Waals surface area contributed by atoms with Crippen LogP contribution in [0, 0.1) is 13.8 Å². The maximum atomic E-state index is 12.0. The molecule has 2 rings (SSSR count). The van der Waals surface area contributed by atoms with Crippen LogP contribution in [0.2, 0.25) is 0 Å². The van der Waals surface area contributed by atoms with E-state index in [-0.39, 0.29) is 19.0 Å². The number of nitrogens with zero attached hydrogens (tertiary/aromatic N) is 1. The monoisotopic (exact) mass is 333 g/mol. The number of hydrogen-bond donors (Lipinski definition) is 3. The molecule has 0 saturated carbocycles. The van der Waals surface area contributed by atoms with E-state index < -0.39 is 12.1 Å². The highest BCUT2D eigenvalue weighted by molar-refractivity contribution is 5.84. The van der Waals surface area contributed by atoms with Gasteiger partial charge in [0.2, 0.25) is 5.91 Å². The second kappa shape index (κ2) is 8.68. The minimum atomic E-state index is -0.771. The number of rotatable bonds is 5. The largest absolute Gasteiger partial charge is 0.387 e. The molecule has 6 nitrogen and oxygen atoms in total. The number of aryl methyl sites for hydroxylation is 2. The lowest BCUT2D eigenvalue weighted by atomic mass is 10.0. The fourth-order valence-corrected chi connectivity index (χ4v) is 2.98. The van der Waals surface area contributed by atoms with Gasteiger partial charge in [-0.25, -0.2) is 4.79 Å². The molecule has 6 heteroatoms. The standard InChI is InChI=1S/C18H27N3O3/c1-13-8-14(2)10-15(9-13)16(22)11-19-18(24)20-12-17(23)21-6-4-3-5-7-21/h8-10,16,22H,3-7,11-12H2,1-2H3,(H2,19,20,24). The van der Waals surface area contributed by atoms with Gasteiger partial charge in [0.25, 0.3) is 0 Å². The third kappa shape index (κ3) is 5.53. The molecule has 1 aromatic carbocycles. The van der Waals surface area contributed by atoms with Crippen molar-refractivity contribution in [3.8, 4) is 0 Å². The molecule has 3 amide bonds. The third-order valence-electron chi connectivity index (χ3n) is 4.19. The minimum Gasteiger partial charge on any atom is -0.387 e. The van der Waals surface area contributed by atoms with Gasteiger partial charge in [-0.1, -0.05) is 29.3 Å². The van der Waals surface area contributed by atoms with Crippen molar-refractivity contribution in [2.45, 2.75) is 39.2 Å². The Morgan fingerprint density at radius 1 is 1.08 bits per heavy atom. The van der Waals surface area contributed by atoms with Gasteiger partial charge in [-0.05, 0) is 38.7 Å². The van der Waals surface area contributed by atoms with Crippen LogP contribution in [0.25, 0.3) is 0 Å². The molecular formula is C18H27N3O3. The molecular weight excluding hydrogens is 306 g/mol. The molecule has 1 aliphatic rings. The zero-order valence-electron chi connectivity index (χ0n) is 14.5. The van der Waals surface area contributed by atoms with Gasteiger partial charge in [-0.3, -0.25) is 4.79 Å².